The molecule has 0 aliphatic carbocycles. The van der Waals surface area contributed by atoms with Crippen LogP contribution in [0.5, 0.6) is 0 Å². The van der Waals surface area contributed by atoms with Crippen LogP contribution in [0.25, 0.3) is 11.3 Å². The number of hydrogen-bond donors (Lipinski definition) is 1. The second kappa shape index (κ2) is 8.42. The van der Waals surface area contributed by atoms with Crippen molar-refractivity contribution >= 4 is 5.91 Å². The van der Waals surface area contributed by atoms with Gasteiger partial charge in [-0.1, -0.05) is 0 Å². The number of likely N-dealkylation sites (tertiary alicyclic amines) is 1. The van der Waals surface area contributed by atoms with E-state index >= 15 is 0 Å². The van der Waals surface area contributed by atoms with E-state index < -0.39 is 0 Å². The molecule has 1 amide bonds. The first-order valence-electron chi connectivity index (χ1n) is 10.2. The van der Waals surface area contributed by atoms with Gasteiger partial charge in [-0.25, -0.2) is 4.98 Å². The number of nitrogens with zero attached hydrogens (tertiary/aromatic N) is 4. The lowest BCUT2D eigenvalue weighted by atomic mass is 10.1. The monoisotopic (exact) mass is 397 g/mol. The molecule has 0 saturated carbocycles. The molecule has 154 valence electrons. The fourth-order valence-electron chi connectivity index (χ4n) is 4.35. The lowest BCUT2D eigenvalue weighted by Crippen LogP contribution is -2.49. The van der Waals surface area contributed by atoms with Crippen molar-refractivity contribution in [1.29, 1.82) is 0 Å². The molecule has 2 aliphatic rings. The van der Waals surface area contributed by atoms with Crippen LogP contribution in [0.1, 0.15) is 38.6 Å². The molecular weight excluding hydrogens is 370 g/mol. The van der Waals surface area contributed by atoms with Gasteiger partial charge in [0.05, 0.1) is 30.5 Å². The van der Waals surface area contributed by atoms with E-state index in [1.165, 1.54) is 6.07 Å². The van der Waals surface area contributed by atoms with E-state index in [9.17, 15) is 9.59 Å². The molecule has 4 rings (SSSR count). The van der Waals surface area contributed by atoms with Gasteiger partial charge < -0.3 is 14.6 Å². The van der Waals surface area contributed by atoms with Crippen LogP contribution in [-0.2, 0) is 9.53 Å². The Kier molecular flexibility index (Phi) is 5.73. The van der Waals surface area contributed by atoms with Gasteiger partial charge in [-0.2, -0.15) is 0 Å². The van der Waals surface area contributed by atoms with Crippen molar-refractivity contribution in [3.8, 4) is 11.3 Å². The van der Waals surface area contributed by atoms with Gasteiger partial charge in [-0.05, 0) is 38.8 Å². The van der Waals surface area contributed by atoms with Crippen molar-refractivity contribution in [2.24, 2.45) is 0 Å². The van der Waals surface area contributed by atoms with Crippen molar-refractivity contribution in [3.63, 3.8) is 0 Å². The fraction of sp³-hybridized carbons (Fsp3) is 0.524. The quantitative estimate of drug-likeness (QED) is 0.843. The summed E-state index contributed by atoms with van der Waals surface area (Å²) >= 11 is 0. The van der Waals surface area contributed by atoms with Gasteiger partial charge in [-0.3, -0.25) is 19.5 Å². The Morgan fingerprint density at radius 2 is 1.97 bits per heavy atom. The zero-order valence-corrected chi connectivity index (χ0v) is 16.9. The Bertz CT molecular complexity index is 906. The lowest BCUT2D eigenvalue weighted by Gasteiger charge is -2.36. The molecule has 8 nitrogen and oxygen atoms in total. The first-order valence-corrected chi connectivity index (χ1v) is 10.2. The highest BCUT2D eigenvalue weighted by Gasteiger charge is 2.33. The summed E-state index contributed by atoms with van der Waals surface area (Å²) < 4.78 is 5.76. The number of carbonyl (C=O) groups is 1. The van der Waals surface area contributed by atoms with Crippen molar-refractivity contribution in [2.45, 2.75) is 44.9 Å². The predicted octanol–water partition coefficient (Wildman–Crippen LogP) is 1.60. The summed E-state index contributed by atoms with van der Waals surface area (Å²) in [5.74, 6) is 0.629. The molecule has 2 aromatic rings. The summed E-state index contributed by atoms with van der Waals surface area (Å²) in [6.45, 7) is 6.61. The molecule has 0 bridgehead atoms. The highest BCUT2D eigenvalue weighted by Crippen LogP contribution is 2.30. The normalized spacial score (nSPS) is 25.3. The Morgan fingerprint density at radius 3 is 2.69 bits per heavy atom. The van der Waals surface area contributed by atoms with Gasteiger partial charge in [-0.15, -0.1) is 0 Å². The van der Waals surface area contributed by atoms with Crippen LogP contribution < -0.4 is 5.56 Å². The molecule has 2 aliphatic heterocycles. The van der Waals surface area contributed by atoms with Crippen LogP contribution in [0, 0.1) is 0 Å². The van der Waals surface area contributed by atoms with Crippen molar-refractivity contribution < 1.29 is 9.53 Å². The maximum Gasteiger partial charge on any atom is 0.251 e. The van der Waals surface area contributed by atoms with E-state index in [1.54, 1.807) is 12.4 Å². The van der Waals surface area contributed by atoms with Crippen molar-refractivity contribution in [3.05, 3.63) is 46.8 Å². The third-order valence-corrected chi connectivity index (χ3v) is 5.48. The molecule has 0 radical (unpaired) electrons. The van der Waals surface area contributed by atoms with Gasteiger partial charge in [0.15, 0.2) is 0 Å². The molecule has 29 heavy (non-hydrogen) atoms. The minimum absolute atomic E-state index is 0.0748. The van der Waals surface area contributed by atoms with Gasteiger partial charge in [0.1, 0.15) is 5.82 Å². The molecule has 2 aromatic heterocycles. The molecule has 2 fully saturated rings. The summed E-state index contributed by atoms with van der Waals surface area (Å²) in [4.78, 5) is 40.9. The Balaban J connectivity index is 1.53. The molecule has 0 unspecified atom stereocenters. The molecular formula is C21H27N5O3. The molecule has 0 spiro atoms. The molecule has 0 aromatic carbocycles. The topological polar surface area (TPSA) is 91.4 Å². The van der Waals surface area contributed by atoms with Gasteiger partial charge in [0.2, 0.25) is 5.91 Å². The summed E-state index contributed by atoms with van der Waals surface area (Å²) in [5.41, 5.74) is 1.22. The molecule has 4 heterocycles. The van der Waals surface area contributed by atoms with E-state index in [2.05, 4.69) is 19.9 Å². The molecule has 2 saturated heterocycles. The zero-order chi connectivity index (χ0) is 20.4. The Labute approximate surface area is 169 Å². The third-order valence-electron chi connectivity index (χ3n) is 5.48. The van der Waals surface area contributed by atoms with Gasteiger partial charge >= 0.3 is 0 Å². The van der Waals surface area contributed by atoms with Crippen LogP contribution in [-0.4, -0.2) is 69.0 Å². The zero-order valence-electron chi connectivity index (χ0n) is 16.9. The average molecular weight is 397 g/mol. The smallest absolute Gasteiger partial charge is 0.251 e. The van der Waals surface area contributed by atoms with E-state index in [-0.39, 0.29) is 29.7 Å². The van der Waals surface area contributed by atoms with Crippen LogP contribution in [0.4, 0.5) is 0 Å². The van der Waals surface area contributed by atoms with Crippen LogP contribution in [0.2, 0.25) is 0 Å². The number of aromatic amines is 1. The number of nitrogens with one attached hydrogen (secondary N) is 1. The second-order valence-corrected chi connectivity index (χ2v) is 7.95. The maximum absolute atomic E-state index is 13.1. The number of carbonyl (C=O) groups excluding carboxylic acids is 1. The van der Waals surface area contributed by atoms with Crippen LogP contribution >= 0.6 is 0 Å². The van der Waals surface area contributed by atoms with Crippen molar-refractivity contribution in [1.82, 2.24) is 24.8 Å². The third kappa shape index (κ3) is 4.54. The average Bonchev–Trinajstić information content (AvgIpc) is 3.17. The molecule has 8 heteroatoms. The number of ether oxygens (including phenoxy) is 1. The second-order valence-electron chi connectivity index (χ2n) is 7.95. The van der Waals surface area contributed by atoms with E-state index in [0.29, 0.717) is 24.6 Å². The largest absolute Gasteiger partial charge is 0.373 e. The Hall–Kier alpha value is -2.58. The van der Waals surface area contributed by atoms with Crippen molar-refractivity contribution in [2.75, 3.05) is 26.2 Å². The minimum Gasteiger partial charge on any atom is -0.373 e. The summed E-state index contributed by atoms with van der Waals surface area (Å²) in [7, 11) is 0. The highest BCUT2D eigenvalue weighted by molar-refractivity contribution is 5.79. The van der Waals surface area contributed by atoms with E-state index in [0.717, 1.165) is 31.5 Å². The maximum atomic E-state index is 13.1. The molecule has 3 atom stereocenters. The van der Waals surface area contributed by atoms with Gasteiger partial charge in [0, 0.05) is 43.7 Å². The standard InChI is InChI=1S/C21H27N5O3/c1-14-11-25(12-15(2)29-14)13-20(28)26-9-3-4-18(26)21-23-17(10-19(27)24-21)16-5-7-22-8-6-16/h5-8,10,14-15,18H,3-4,9,11-13H2,1-2H3,(H,23,24,27)/t14-,15+,18-/m0/s1. The summed E-state index contributed by atoms with van der Waals surface area (Å²) in [6.07, 6.45) is 5.29. The number of amides is 1. The first kappa shape index (κ1) is 19.7. The van der Waals surface area contributed by atoms with Crippen LogP contribution in [0.15, 0.2) is 35.4 Å². The number of H-pyrrole nitrogens is 1. The fourth-order valence-corrected chi connectivity index (χ4v) is 4.35. The summed E-state index contributed by atoms with van der Waals surface area (Å²) in [5, 5.41) is 0. The SMILES string of the molecule is C[C@@H]1CN(CC(=O)N2CCC[C@H]2c2nc(-c3ccncc3)cc(=O)[nH]2)C[C@H](C)O1. The highest BCUT2D eigenvalue weighted by atomic mass is 16.5. The number of hydrogen-bond acceptors (Lipinski definition) is 6. The number of rotatable bonds is 4. The predicted molar refractivity (Wildman–Crippen MR) is 108 cm³/mol. The lowest BCUT2D eigenvalue weighted by molar-refractivity contribution is -0.137. The van der Waals surface area contributed by atoms with Gasteiger partial charge in [0.25, 0.3) is 5.56 Å². The number of morpholine rings is 1. The Morgan fingerprint density at radius 1 is 1.24 bits per heavy atom. The number of pyridine rings is 1. The number of aromatic nitrogens is 3. The minimum atomic E-state index is -0.211. The first-order chi connectivity index (χ1) is 14.0. The van der Waals surface area contributed by atoms with E-state index in [4.69, 9.17) is 4.74 Å². The van der Waals surface area contributed by atoms with E-state index in [1.807, 2.05) is 30.9 Å². The van der Waals surface area contributed by atoms with Crippen LogP contribution in [0.3, 0.4) is 0 Å². The molecule has 1 N–H and O–H groups in total. The summed E-state index contributed by atoms with van der Waals surface area (Å²) in [6, 6.07) is 4.93.